The highest BCUT2D eigenvalue weighted by Crippen LogP contribution is 2.24. The summed E-state index contributed by atoms with van der Waals surface area (Å²) in [5, 5.41) is 4.49. The molecule has 2 atom stereocenters. The van der Waals surface area contributed by atoms with E-state index in [1.54, 1.807) is 0 Å². The van der Waals surface area contributed by atoms with Gasteiger partial charge in [-0.1, -0.05) is 18.6 Å². The van der Waals surface area contributed by atoms with Gasteiger partial charge in [-0.2, -0.15) is 0 Å². The van der Waals surface area contributed by atoms with Gasteiger partial charge in [-0.25, -0.2) is 0 Å². The Kier molecular flexibility index (Phi) is 3.41. The topological polar surface area (TPSA) is 37.3 Å². The lowest BCUT2D eigenvalue weighted by molar-refractivity contribution is -0.124. The Morgan fingerprint density at radius 2 is 2.14 bits per heavy atom. The van der Waals surface area contributed by atoms with Gasteiger partial charge in [0.2, 0.25) is 5.91 Å². The van der Waals surface area contributed by atoms with Crippen molar-refractivity contribution in [3.63, 3.8) is 0 Å². The average Bonchev–Trinajstić information content (AvgIpc) is 2.66. The lowest BCUT2D eigenvalue weighted by Crippen LogP contribution is -2.38. The van der Waals surface area contributed by atoms with Crippen LogP contribution < -0.4 is 5.32 Å². The summed E-state index contributed by atoms with van der Waals surface area (Å²) in [6, 6.07) is 9.19. The number of benzene rings is 1. The minimum atomic E-state index is 0.172. The summed E-state index contributed by atoms with van der Waals surface area (Å²) in [5.74, 6) is 0.439. The van der Waals surface area contributed by atoms with Gasteiger partial charge in [0.15, 0.2) is 0 Å². The van der Waals surface area contributed by atoms with Crippen LogP contribution in [0.3, 0.4) is 0 Å². The fourth-order valence-corrected chi connectivity index (χ4v) is 3.94. The molecule has 0 unspecified atom stereocenters. The molecule has 22 heavy (non-hydrogen) atoms. The molecule has 1 N–H and O–H groups in total. The molecule has 2 saturated heterocycles. The maximum absolute atomic E-state index is 12.1. The Labute approximate surface area is 131 Å². The molecule has 4 rings (SSSR count). The van der Waals surface area contributed by atoms with E-state index in [2.05, 4.69) is 52.3 Å². The van der Waals surface area contributed by atoms with Crippen molar-refractivity contribution in [1.29, 1.82) is 0 Å². The molecule has 2 fully saturated rings. The Hall–Kier alpha value is -1.81. The van der Waals surface area contributed by atoms with Gasteiger partial charge < -0.3 is 9.88 Å². The van der Waals surface area contributed by atoms with Gasteiger partial charge in [0.05, 0.1) is 5.92 Å². The smallest absolute Gasteiger partial charge is 0.224 e. The number of aromatic nitrogens is 1. The summed E-state index contributed by atoms with van der Waals surface area (Å²) < 4.78 is 2.17. The van der Waals surface area contributed by atoms with Gasteiger partial charge in [0.1, 0.15) is 0 Å². The van der Waals surface area contributed by atoms with Crippen LogP contribution in [0.1, 0.15) is 24.8 Å². The van der Waals surface area contributed by atoms with Crippen molar-refractivity contribution in [2.75, 3.05) is 13.1 Å². The SMILES string of the molecule is Cn1ccc2ccc(CN3C[C@@H]4CCC[C@H](C3)C(=O)N4)cc21. The summed E-state index contributed by atoms with van der Waals surface area (Å²) in [6.07, 6.45) is 5.44. The van der Waals surface area contributed by atoms with E-state index in [4.69, 9.17) is 0 Å². The zero-order chi connectivity index (χ0) is 15.1. The number of amides is 1. The Bertz CT molecular complexity index is 705. The lowest BCUT2D eigenvalue weighted by atomic mass is 9.99. The number of carbonyl (C=O) groups is 1. The van der Waals surface area contributed by atoms with E-state index in [1.807, 2.05) is 0 Å². The summed E-state index contributed by atoms with van der Waals surface area (Å²) >= 11 is 0. The molecule has 2 aliphatic heterocycles. The van der Waals surface area contributed by atoms with Crippen molar-refractivity contribution in [3.8, 4) is 0 Å². The molecule has 0 saturated carbocycles. The zero-order valence-electron chi connectivity index (χ0n) is 13.1. The van der Waals surface area contributed by atoms with Gasteiger partial charge in [-0.3, -0.25) is 9.69 Å². The predicted molar refractivity (Wildman–Crippen MR) is 87.5 cm³/mol. The maximum Gasteiger partial charge on any atom is 0.224 e. The first-order chi connectivity index (χ1) is 10.7. The number of rotatable bonds is 2. The molecule has 0 spiro atoms. The molecule has 1 aromatic heterocycles. The zero-order valence-corrected chi connectivity index (χ0v) is 13.1. The van der Waals surface area contributed by atoms with E-state index in [0.29, 0.717) is 6.04 Å². The van der Waals surface area contributed by atoms with Crippen LogP contribution >= 0.6 is 0 Å². The first-order valence-electron chi connectivity index (χ1n) is 8.26. The third kappa shape index (κ3) is 2.52. The van der Waals surface area contributed by atoms with Crippen LogP contribution in [0.4, 0.5) is 0 Å². The van der Waals surface area contributed by atoms with E-state index >= 15 is 0 Å². The lowest BCUT2D eigenvalue weighted by Gasteiger charge is -2.27. The molecule has 2 aliphatic rings. The molecule has 0 radical (unpaired) electrons. The Morgan fingerprint density at radius 3 is 3.05 bits per heavy atom. The maximum atomic E-state index is 12.1. The van der Waals surface area contributed by atoms with E-state index in [0.717, 1.165) is 32.5 Å². The highest BCUT2D eigenvalue weighted by atomic mass is 16.2. The second-order valence-electron chi connectivity index (χ2n) is 6.85. The van der Waals surface area contributed by atoms with Crippen LogP contribution in [0.5, 0.6) is 0 Å². The number of carbonyl (C=O) groups excluding carboxylic acids is 1. The number of nitrogens with one attached hydrogen (secondary N) is 1. The van der Waals surface area contributed by atoms with Crippen LogP contribution in [0.2, 0.25) is 0 Å². The first-order valence-corrected chi connectivity index (χ1v) is 8.26. The average molecular weight is 297 g/mol. The third-order valence-electron chi connectivity index (χ3n) is 5.14. The van der Waals surface area contributed by atoms with Crippen molar-refractivity contribution in [2.24, 2.45) is 13.0 Å². The molecule has 4 nitrogen and oxygen atoms in total. The summed E-state index contributed by atoms with van der Waals surface area (Å²) in [4.78, 5) is 14.6. The number of fused-ring (bicyclic) bond motifs is 4. The van der Waals surface area contributed by atoms with Crippen LogP contribution in [0.25, 0.3) is 10.9 Å². The van der Waals surface area contributed by atoms with Crippen LogP contribution in [-0.2, 0) is 18.4 Å². The minimum absolute atomic E-state index is 0.172. The summed E-state index contributed by atoms with van der Waals surface area (Å²) in [7, 11) is 2.09. The standard InChI is InChI=1S/C18H23N3O/c1-20-8-7-14-6-5-13(9-17(14)20)10-21-11-15-3-2-4-16(12-21)19-18(15)22/h5-9,15-16H,2-4,10-12H2,1H3,(H,19,22)/t15-,16+/m1/s1. The molecular weight excluding hydrogens is 274 g/mol. The molecule has 116 valence electrons. The van der Waals surface area contributed by atoms with Gasteiger partial charge in [0.25, 0.3) is 0 Å². The van der Waals surface area contributed by atoms with Crippen LogP contribution in [-0.4, -0.2) is 34.5 Å². The fraction of sp³-hybridized carbons (Fsp3) is 0.500. The normalized spacial score (nSPS) is 26.0. The second-order valence-corrected chi connectivity index (χ2v) is 6.85. The molecule has 3 heterocycles. The quantitative estimate of drug-likeness (QED) is 0.923. The Morgan fingerprint density at radius 1 is 1.23 bits per heavy atom. The highest BCUT2D eigenvalue weighted by molar-refractivity contribution is 5.81. The van der Waals surface area contributed by atoms with Crippen molar-refractivity contribution in [1.82, 2.24) is 14.8 Å². The predicted octanol–water partition coefficient (Wildman–Crippen LogP) is 2.28. The number of hydrogen-bond acceptors (Lipinski definition) is 2. The molecule has 2 aromatic rings. The van der Waals surface area contributed by atoms with E-state index < -0.39 is 0 Å². The number of aryl methyl sites for hydroxylation is 1. The van der Waals surface area contributed by atoms with Gasteiger partial charge in [0, 0.05) is 44.4 Å². The monoisotopic (exact) mass is 297 g/mol. The number of likely N-dealkylation sites (tertiary alicyclic amines) is 1. The van der Waals surface area contributed by atoms with Gasteiger partial charge in [-0.05, 0) is 35.9 Å². The second kappa shape index (κ2) is 5.43. The van der Waals surface area contributed by atoms with E-state index in [-0.39, 0.29) is 11.8 Å². The van der Waals surface area contributed by atoms with Gasteiger partial charge in [-0.15, -0.1) is 0 Å². The van der Waals surface area contributed by atoms with Crippen LogP contribution in [0.15, 0.2) is 30.5 Å². The van der Waals surface area contributed by atoms with Crippen LogP contribution in [0, 0.1) is 5.92 Å². The van der Waals surface area contributed by atoms with Crippen molar-refractivity contribution < 1.29 is 4.79 Å². The fourth-order valence-electron chi connectivity index (χ4n) is 3.94. The molecular formula is C18H23N3O. The molecule has 0 aliphatic carbocycles. The summed E-state index contributed by atoms with van der Waals surface area (Å²) in [6.45, 7) is 2.81. The minimum Gasteiger partial charge on any atom is -0.352 e. The van der Waals surface area contributed by atoms with Gasteiger partial charge >= 0.3 is 0 Å². The molecule has 2 bridgehead atoms. The molecule has 1 amide bonds. The largest absolute Gasteiger partial charge is 0.352 e. The van der Waals surface area contributed by atoms with E-state index in [9.17, 15) is 4.79 Å². The van der Waals surface area contributed by atoms with Crippen molar-refractivity contribution in [3.05, 3.63) is 36.0 Å². The Balaban J connectivity index is 1.56. The molecule has 4 heteroatoms. The number of nitrogens with zero attached hydrogens (tertiary/aromatic N) is 2. The van der Waals surface area contributed by atoms with Crippen molar-refractivity contribution >= 4 is 16.8 Å². The third-order valence-corrected chi connectivity index (χ3v) is 5.14. The highest BCUT2D eigenvalue weighted by Gasteiger charge is 2.32. The van der Waals surface area contributed by atoms with Crippen molar-refractivity contribution in [2.45, 2.75) is 31.8 Å². The number of hydrogen-bond donors (Lipinski definition) is 1. The summed E-state index contributed by atoms with van der Waals surface area (Å²) in [5.41, 5.74) is 2.61. The first kappa shape index (κ1) is 13.8. The molecule has 1 aromatic carbocycles. The van der Waals surface area contributed by atoms with E-state index in [1.165, 1.54) is 22.9 Å².